The first-order chi connectivity index (χ1) is 23.7. The molecule has 15 nitrogen and oxygen atoms in total. The first-order valence-electron chi connectivity index (χ1n) is 16.7. The van der Waals surface area contributed by atoms with Crippen LogP contribution < -0.4 is 24.8 Å². The fourth-order valence-corrected chi connectivity index (χ4v) is 8.23. The largest absolute Gasteiger partial charge is 0.494 e. The van der Waals surface area contributed by atoms with Crippen molar-refractivity contribution in [2.75, 3.05) is 20.3 Å². The zero-order valence-corrected chi connectivity index (χ0v) is 29.2. The number of pyridine rings is 1. The lowest BCUT2D eigenvalue weighted by atomic mass is 9.94. The Morgan fingerprint density at radius 1 is 1.14 bits per heavy atom. The van der Waals surface area contributed by atoms with Gasteiger partial charge in [-0.2, -0.15) is 0 Å². The number of nitrogens with zero attached hydrogens (tertiary/aromatic N) is 2. The van der Waals surface area contributed by atoms with Gasteiger partial charge in [0.25, 0.3) is 5.91 Å². The average molecular weight is 714 g/mol. The molecule has 0 radical (unpaired) electrons. The summed E-state index contributed by atoms with van der Waals surface area (Å²) in [5.74, 6) is -2.48. The summed E-state index contributed by atoms with van der Waals surface area (Å²) in [6, 6.07) is 4.89. The van der Waals surface area contributed by atoms with Crippen molar-refractivity contribution in [2.24, 2.45) is 11.8 Å². The van der Waals surface area contributed by atoms with Gasteiger partial charge in [-0.15, -0.1) is 0 Å². The summed E-state index contributed by atoms with van der Waals surface area (Å²) in [7, 11) is -2.49. The number of sulfonamides is 1. The van der Waals surface area contributed by atoms with Crippen LogP contribution in [0.2, 0.25) is 0 Å². The van der Waals surface area contributed by atoms with Crippen molar-refractivity contribution in [3.63, 3.8) is 0 Å². The third-order valence-electron chi connectivity index (χ3n) is 10.3. The van der Waals surface area contributed by atoms with Gasteiger partial charge in [0.2, 0.25) is 27.7 Å². The van der Waals surface area contributed by atoms with E-state index in [1.54, 1.807) is 26.0 Å². The number of rotatable bonds is 7. The topological polar surface area (TPSA) is 203 Å². The SMILES string of the molecule is COc1cnc(O[C@@H]2C[C@H]3C(=O)N[C@]4(C(=O)NS(=O)(=O)C5(C)CC5)C[C@H]4/C=C\CO[C@@H](C)C[C@@H](C)[C@H](NC(=O)O)C(=O)N3C2)c2ccccc12. The third-order valence-corrected chi connectivity index (χ3v) is 12.5. The van der Waals surface area contributed by atoms with Gasteiger partial charge in [0.1, 0.15) is 29.5 Å². The lowest BCUT2D eigenvalue weighted by Crippen LogP contribution is -2.59. The Hall–Kier alpha value is -4.44. The second-order valence-corrected chi connectivity index (χ2v) is 16.2. The molecule has 2 aliphatic carbocycles. The predicted molar refractivity (Wildman–Crippen MR) is 180 cm³/mol. The smallest absolute Gasteiger partial charge is 0.405 e. The molecular weight excluding hydrogens is 670 g/mol. The summed E-state index contributed by atoms with van der Waals surface area (Å²) >= 11 is 0. The lowest BCUT2D eigenvalue weighted by molar-refractivity contribution is -0.142. The number of carboxylic acid groups (broad SMARTS) is 1. The molecule has 3 heterocycles. The van der Waals surface area contributed by atoms with Crippen LogP contribution in [0.5, 0.6) is 11.6 Å². The van der Waals surface area contributed by atoms with Crippen molar-refractivity contribution in [1.29, 1.82) is 0 Å². The van der Waals surface area contributed by atoms with Crippen molar-refractivity contribution in [1.82, 2.24) is 25.2 Å². The fraction of sp³-hybridized carbons (Fsp3) is 0.559. The van der Waals surface area contributed by atoms with Crippen LogP contribution in [0.3, 0.4) is 0 Å². The van der Waals surface area contributed by atoms with Crippen molar-refractivity contribution in [3.8, 4) is 11.6 Å². The minimum Gasteiger partial charge on any atom is -0.494 e. The van der Waals surface area contributed by atoms with Gasteiger partial charge in [0.05, 0.1) is 37.3 Å². The highest BCUT2D eigenvalue weighted by Crippen LogP contribution is 2.47. The van der Waals surface area contributed by atoms with E-state index in [1.807, 2.05) is 31.2 Å². The Morgan fingerprint density at radius 3 is 2.54 bits per heavy atom. The molecule has 0 spiro atoms. The molecule has 7 atom stereocenters. The van der Waals surface area contributed by atoms with Gasteiger partial charge in [0.15, 0.2) is 0 Å². The molecule has 1 saturated heterocycles. The molecule has 3 fully saturated rings. The molecule has 16 heteroatoms. The van der Waals surface area contributed by atoms with E-state index < -0.39 is 74.1 Å². The van der Waals surface area contributed by atoms with Crippen molar-refractivity contribution >= 4 is 44.6 Å². The van der Waals surface area contributed by atoms with Crippen LogP contribution in [-0.2, 0) is 29.1 Å². The number of nitrogens with one attached hydrogen (secondary N) is 3. The van der Waals surface area contributed by atoms with E-state index in [4.69, 9.17) is 14.2 Å². The van der Waals surface area contributed by atoms with Crippen molar-refractivity contribution < 1.29 is 46.9 Å². The maximum atomic E-state index is 14.3. The molecule has 0 bridgehead atoms. The zero-order valence-electron chi connectivity index (χ0n) is 28.4. The number of hydrogen-bond acceptors (Lipinski definition) is 10. The zero-order chi connectivity index (χ0) is 36.0. The van der Waals surface area contributed by atoms with E-state index in [1.165, 1.54) is 18.2 Å². The first-order valence-corrected chi connectivity index (χ1v) is 18.2. The molecule has 0 unspecified atom stereocenters. The molecule has 50 heavy (non-hydrogen) atoms. The van der Waals surface area contributed by atoms with E-state index in [9.17, 15) is 32.7 Å². The van der Waals surface area contributed by atoms with E-state index in [0.717, 1.165) is 5.39 Å². The summed E-state index contributed by atoms with van der Waals surface area (Å²) in [5, 5.41) is 16.2. The van der Waals surface area contributed by atoms with Crippen LogP contribution in [0.15, 0.2) is 42.6 Å². The van der Waals surface area contributed by atoms with Crippen LogP contribution in [0, 0.1) is 11.8 Å². The Kier molecular flexibility index (Phi) is 9.45. The first kappa shape index (κ1) is 35.4. The molecule has 4 aliphatic rings. The fourth-order valence-electron chi connectivity index (χ4n) is 6.92. The molecule has 4 N–H and O–H groups in total. The Morgan fingerprint density at radius 2 is 1.86 bits per heavy atom. The highest BCUT2D eigenvalue weighted by Gasteiger charge is 2.63. The van der Waals surface area contributed by atoms with Gasteiger partial charge >= 0.3 is 6.09 Å². The van der Waals surface area contributed by atoms with E-state index in [-0.39, 0.29) is 38.0 Å². The Bertz CT molecular complexity index is 1830. The molecule has 1 aromatic carbocycles. The number of methoxy groups -OCH3 is 1. The number of aromatic nitrogens is 1. The van der Waals surface area contributed by atoms with Crippen LogP contribution in [0.4, 0.5) is 4.79 Å². The minimum absolute atomic E-state index is 0.0120. The lowest BCUT2D eigenvalue weighted by Gasteiger charge is -2.32. The number of ether oxygens (including phenoxy) is 3. The molecule has 6 rings (SSSR count). The molecular formula is C34H43N5O10S. The summed E-state index contributed by atoms with van der Waals surface area (Å²) in [5.41, 5.74) is -1.59. The second-order valence-electron chi connectivity index (χ2n) is 14.0. The van der Waals surface area contributed by atoms with Gasteiger partial charge in [-0.05, 0) is 51.5 Å². The van der Waals surface area contributed by atoms with Gasteiger partial charge < -0.3 is 34.9 Å². The van der Waals surface area contributed by atoms with E-state index in [0.29, 0.717) is 30.4 Å². The number of amides is 4. The monoisotopic (exact) mass is 713 g/mol. The summed E-state index contributed by atoms with van der Waals surface area (Å²) < 4.78 is 45.0. The Labute approximate surface area is 290 Å². The van der Waals surface area contributed by atoms with E-state index in [2.05, 4.69) is 20.3 Å². The van der Waals surface area contributed by atoms with Crippen LogP contribution in [0.25, 0.3) is 10.8 Å². The maximum Gasteiger partial charge on any atom is 0.405 e. The number of fused-ring (bicyclic) bond motifs is 3. The molecule has 4 amide bonds. The Balaban J connectivity index is 1.34. The maximum absolute atomic E-state index is 14.3. The number of hydrogen-bond donors (Lipinski definition) is 4. The standard InChI is InChI=1S/C34H43N5O10S/c1-19-14-20(2)48-13-7-8-21-16-34(21,31(42)38-50(45,46)33(3)11-12-33)37-28(40)25-15-22(18-39(25)30(41)27(19)36-32(43)44)49-29-24-10-6-5-9-23(24)26(47-4)17-35-29/h5-10,17,19-22,25,27,36H,11-16,18H2,1-4H3,(H,37,40)(H,38,42)(H,43,44)/b8-7-/t19-,20+,21-,22-,25+,27+,34-/m1/s1. The van der Waals surface area contributed by atoms with Crippen LogP contribution in [0.1, 0.15) is 52.9 Å². The summed E-state index contributed by atoms with van der Waals surface area (Å²) in [6.45, 7) is 5.16. The second kappa shape index (κ2) is 13.4. The van der Waals surface area contributed by atoms with Gasteiger partial charge in [-0.25, -0.2) is 18.2 Å². The molecule has 2 aliphatic heterocycles. The summed E-state index contributed by atoms with van der Waals surface area (Å²) in [4.78, 5) is 59.9. The molecule has 2 aromatic rings. The number of carbonyl (C=O) groups excluding carboxylic acids is 3. The normalized spacial score (nSPS) is 31.6. The van der Waals surface area contributed by atoms with Crippen LogP contribution in [-0.4, -0.2) is 102 Å². The third kappa shape index (κ3) is 6.82. The number of benzene rings is 1. The van der Waals surface area contributed by atoms with Crippen LogP contribution >= 0.6 is 0 Å². The van der Waals surface area contributed by atoms with Crippen molar-refractivity contribution in [2.45, 2.75) is 87.5 Å². The van der Waals surface area contributed by atoms with E-state index >= 15 is 0 Å². The quantitative estimate of drug-likeness (QED) is 0.306. The van der Waals surface area contributed by atoms with Gasteiger partial charge in [0, 0.05) is 23.1 Å². The average Bonchev–Trinajstić information content (AvgIpc) is 3.95. The minimum atomic E-state index is -4.02. The summed E-state index contributed by atoms with van der Waals surface area (Å²) in [6.07, 6.45) is 3.68. The highest BCUT2D eigenvalue weighted by molar-refractivity contribution is 7.91. The molecule has 270 valence electrons. The number of carbonyl (C=O) groups is 4. The van der Waals surface area contributed by atoms with Crippen molar-refractivity contribution in [3.05, 3.63) is 42.6 Å². The molecule has 2 saturated carbocycles. The highest BCUT2D eigenvalue weighted by atomic mass is 32.2. The van der Waals surface area contributed by atoms with Gasteiger partial charge in [-0.1, -0.05) is 37.3 Å². The van der Waals surface area contributed by atoms with Gasteiger partial charge in [-0.3, -0.25) is 19.1 Å². The molecule has 1 aromatic heterocycles. The predicted octanol–water partition coefficient (Wildman–Crippen LogP) is 2.10.